The van der Waals surface area contributed by atoms with Gasteiger partial charge in [-0.25, -0.2) is 0 Å². The quantitative estimate of drug-likeness (QED) is 0.364. The average molecular weight is 419 g/mol. The van der Waals surface area contributed by atoms with E-state index in [1.807, 2.05) is 48.5 Å². The molecule has 0 aliphatic rings. The molecule has 0 saturated carbocycles. The van der Waals surface area contributed by atoms with Crippen LogP contribution in [0.1, 0.15) is 0 Å². The number of hydrogen-bond acceptors (Lipinski definition) is 6. The largest absolute Gasteiger partial charge is 0.538 e. The lowest BCUT2D eigenvalue weighted by molar-refractivity contribution is -0.705. The van der Waals surface area contributed by atoms with E-state index in [0.717, 1.165) is 17.5 Å². The van der Waals surface area contributed by atoms with Crippen LogP contribution in [0, 0.1) is 0 Å². The van der Waals surface area contributed by atoms with Gasteiger partial charge in [0.1, 0.15) is 11.5 Å². The second kappa shape index (κ2) is 9.15. The van der Waals surface area contributed by atoms with Crippen molar-refractivity contribution < 1.29 is 23.8 Å². The zero-order valence-electron chi connectivity index (χ0n) is 15.7. The van der Waals surface area contributed by atoms with Crippen LogP contribution in [-0.2, 0) is 4.79 Å². The molecule has 0 spiro atoms. The second-order valence-corrected chi connectivity index (χ2v) is 7.15. The first-order valence-electron chi connectivity index (χ1n) is 9.09. The summed E-state index contributed by atoms with van der Waals surface area (Å²) in [6, 6.07) is 25.6. The predicted octanol–water partition coefficient (Wildman–Crippen LogP) is 3.55. The van der Waals surface area contributed by atoms with Gasteiger partial charge < -0.3 is 19.7 Å². The predicted molar refractivity (Wildman–Crippen MR) is 110 cm³/mol. The Kier molecular flexibility index (Phi) is 5.95. The van der Waals surface area contributed by atoms with Crippen LogP contribution in [-0.4, -0.2) is 16.9 Å². The summed E-state index contributed by atoms with van der Waals surface area (Å²) in [5, 5.41) is 18.7. The van der Waals surface area contributed by atoms with E-state index in [9.17, 15) is 9.90 Å². The second-order valence-electron chi connectivity index (χ2n) is 6.19. The molecule has 0 saturated heterocycles. The van der Waals surface area contributed by atoms with Gasteiger partial charge in [0, 0.05) is 17.8 Å². The first-order valence-corrected chi connectivity index (χ1v) is 10.1. The summed E-state index contributed by atoms with van der Waals surface area (Å²) in [4.78, 5) is 12.3. The molecule has 7 nitrogen and oxygen atoms in total. The van der Waals surface area contributed by atoms with E-state index < -0.39 is 5.95 Å². The summed E-state index contributed by atoms with van der Waals surface area (Å²) >= 11 is 1.06. The number of benzene rings is 3. The summed E-state index contributed by atoms with van der Waals surface area (Å²) in [6.07, 6.45) is 0. The van der Waals surface area contributed by atoms with E-state index in [1.165, 1.54) is 4.68 Å². The fraction of sp³-hybridized carbons (Fsp3) is 0.0455. The summed E-state index contributed by atoms with van der Waals surface area (Å²) in [6.45, 7) is 0. The summed E-state index contributed by atoms with van der Waals surface area (Å²) < 4.78 is 11.9. The number of aromatic nitrogens is 2. The van der Waals surface area contributed by atoms with Gasteiger partial charge in [-0.1, -0.05) is 36.4 Å². The summed E-state index contributed by atoms with van der Waals surface area (Å²) in [7, 11) is 0. The average Bonchev–Trinajstić information content (AvgIpc) is 3.15. The molecule has 1 aromatic heterocycles. The van der Waals surface area contributed by atoms with Crippen molar-refractivity contribution in [1.82, 2.24) is 5.27 Å². The minimum atomic E-state index is -0.584. The van der Waals surface area contributed by atoms with Gasteiger partial charge in [-0.2, -0.15) is 0 Å². The number of rotatable bonds is 7. The van der Waals surface area contributed by atoms with E-state index in [2.05, 4.69) is 10.6 Å². The zero-order valence-corrected chi connectivity index (χ0v) is 16.5. The maximum Gasteiger partial charge on any atom is 0.298 e. The van der Waals surface area contributed by atoms with Crippen LogP contribution in [0.3, 0.4) is 0 Å². The van der Waals surface area contributed by atoms with Crippen molar-refractivity contribution in [2.45, 2.75) is 5.03 Å². The lowest BCUT2D eigenvalue weighted by Gasteiger charge is -2.07. The molecule has 1 heterocycles. The molecule has 0 atom stereocenters. The molecule has 1 amide bonds. The van der Waals surface area contributed by atoms with Gasteiger partial charge in [-0.05, 0) is 52.8 Å². The number of ether oxygens (including phenoxy) is 1. The Morgan fingerprint density at radius 3 is 2.30 bits per heavy atom. The summed E-state index contributed by atoms with van der Waals surface area (Å²) in [5.41, 5.74) is 1.31. The van der Waals surface area contributed by atoms with Crippen LogP contribution in [0.5, 0.6) is 17.4 Å². The normalized spacial score (nSPS) is 10.5. The molecule has 3 aromatic carbocycles. The number of para-hydroxylation sites is 2. The standard InChI is InChI=1S/C22H17N3O4S/c26-20(15-30-21-22(27)29-24-25(21)17-7-3-1-4-8-17)23-16-11-13-19(14-12-16)28-18-9-5-2-6-10-18/h1-14H,15H2,(H-,23,24,26,27). The van der Waals surface area contributed by atoms with Crippen LogP contribution in [0.2, 0.25) is 0 Å². The SMILES string of the molecule is O=C(CSc1c([O-])on[n+]1-c1ccccc1)Nc1ccc(Oc2ccccc2)cc1. The minimum Gasteiger partial charge on any atom is -0.538 e. The molecule has 4 rings (SSSR count). The first kappa shape index (κ1) is 19.5. The molecule has 1 N–H and O–H groups in total. The molecule has 0 unspecified atom stereocenters. The van der Waals surface area contributed by atoms with Gasteiger partial charge in [0.2, 0.25) is 11.6 Å². The molecule has 4 aromatic rings. The van der Waals surface area contributed by atoms with Gasteiger partial charge in [0.05, 0.1) is 11.0 Å². The lowest BCUT2D eigenvalue weighted by atomic mass is 10.3. The maximum absolute atomic E-state index is 12.3. The number of thioether (sulfide) groups is 1. The minimum absolute atomic E-state index is 0.0333. The topological polar surface area (TPSA) is 91.3 Å². The van der Waals surface area contributed by atoms with Crippen molar-refractivity contribution in [2.75, 3.05) is 11.1 Å². The number of carbonyl (C=O) groups is 1. The summed E-state index contributed by atoms with van der Waals surface area (Å²) in [5.74, 6) is 0.597. The van der Waals surface area contributed by atoms with E-state index in [4.69, 9.17) is 9.26 Å². The third-order valence-electron chi connectivity index (χ3n) is 4.03. The van der Waals surface area contributed by atoms with Crippen molar-refractivity contribution in [2.24, 2.45) is 0 Å². The Morgan fingerprint density at radius 2 is 1.60 bits per heavy atom. The molecule has 0 radical (unpaired) electrons. The molecule has 8 heteroatoms. The Labute approximate surface area is 176 Å². The van der Waals surface area contributed by atoms with E-state index in [0.29, 0.717) is 17.1 Å². The number of hydrogen-bond donors (Lipinski definition) is 1. The highest BCUT2D eigenvalue weighted by molar-refractivity contribution is 7.99. The number of amides is 1. The Hall–Kier alpha value is -3.78. The Bertz CT molecular complexity index is 1120. The fourth-order valence-electron chi connectivity index (χ4n) is 2.66. The highest BCUT2D eigenvalue weighted by Gasteiger charge is 2.21. The van der Waals surface area contributed by atoms with Crippen LogP contribution < -0.4 is 19.8 Å². The van der Waals surface area contributed by atoms with Crippen molar-refractivity contribution in [3.05, 3.63) is 84.9 Å². The maximum atomic E-state index is 12.3. The van der Waals surface area contributed by atoms with Crippen molar-refractivity contribution in [3.63, 3.8) is 0 Å². The molecular weight excluding hydrogens is 402 g/mol. The number of nitrogens with zero attached hydrogens (tertiary/aromatic N) is 2. The van der Waals surface area contributed by atoms with Gasteiger partial charge in [0.25, 0.3) is 5.03 Å². The molecular formula is C22H17N3O4S. The van der Waals surface area contributed by atoms with Gasteiger partial charge in [-0.3, -0.25) is 4.79 Å². The van der Waals surface area contributed by atoms with Gasteiger partial charge >= 0.3 is 0 Å². The van der Waals surface area contributed by atoms with Crippen LogP contribution in [0.4, 0.5) is 5.69 Å². The zero-order chi connectivity index (χ0) is 20.8. The van der Waals surface area contributed by atoms with Gasteiger partial charge in [-0.15, -0.1) is 0 Å². The molecule has 30 heavy (non-hydrogen) atoms. The molecule has 0 bridgehead atoms. The molecule has 150 valence electrons. The third kappa shape index (κ3) is 4.79. The van der Waals surface area contributed by atoms with Crippen LogP contribution >= 0.6 is 11.8 Å². The number of carbonyl (C=O) groups excluding carboxylic acids is 1. The third-order valence-corrected chi connectivity index (χ3v) is 5.05. The lowest BCUT2D eigenvalue weighted by Crippen LogP contribution is -2.35. The Morgan fingerprint density at radius 1 is 0.967 bits per heavy atom. The van der Waals surface area contributed by atoms with E-state index in [-0.39, 0.29) is 16.7 Å². The van der Waals surface area contributed by atoms with Crippen LogP contribution in [0.15, 0.2) is 94.5 Å². The monoisotopic (exact) mass is 419 g/mol. The van der Waals surface area contributed by atoms with Crippen molar-refractivity contribution in [3.8, 4) is 23.1 Å². The Balaban J connectivity index is 1.35. The first-order chi connectivity index (χ1) is 14.7. The molecule has 0 aliphatic carbocycles. The highest BCUT2D eigenvalue weighted by Crippen LogP contribution is 2.25. The number of nitrogens with one attached hydrogen (secondary N) is 1. The molecule has 0 fully saturated rings. The fourth-order valence-corrected chi connectivity index (χ4v) is 3.41. The molecule has 0 aliphatic heterocycles. The van der Waals surface area contributed by atoms with E-state index in [1.54, 1.807) is 36.4 Å². The van der Waals surface area contributed by atoms with Crippen molar-refractivity contribution in [1.29, 1.82) is 0 Å². The van der Waals surface area contributed by atoms with Crippen LogP contribution in [0.25, 0.3) is 5.69 Å². The van der Waals surface area contributed by atoms with E-state index >= 15 is 0 Å². The highest BCUT2D eigenvalue weighted by atomic mass is 32.2. The van der Waals surface area contributed by atoms with Crippen molar-refractivity contribution >= 4 is 23.4 Å². The van der Waals surface area contributed by atoms with Gasteiger partial charge in [0.15, 0.2) is 5.95 Å². The number of anilines is 1. The smallest absolute Gasteiger partial charge is 0.298 e.